The largest absolute Gasteiger partial charge is 0.493 e. The van der Waals surface area contributed by atoms with Gasteiger partial charge in [0.05, 0.1) is 13.0 Å². The Labute approximate surface area is 109 Å². The Hall–Kier alpha value is -1.51. The number of ether oxygens (including phenoxy) is 2. The van der Waals surface area contributed by atoms with Gasteiger partial charge in [-0.25, -0.2) is 0 Å². The van der Waals surface area contributed by atoms with Crippen molar-refractivity contribution in [2.75, 3.05) is 6.61 Å². The van der Waals surface area contributed by atoms with Crippen LogP contribution < -0.4 is 4.74 Å². The Balaban J connectivity index is 2.40. The third-order valence-electron chi connectivity index (χ3n) is 2.31. The van der Waals surface area contributed by atoms with Gasteiger partial charge in [-0.2, -0.15) is 0 Å². The molecule has 0 aliphatic heterocycles. The van der Waals surface area contributed by atoms with Gasteiger partial charge in [-0.3, -0.25) is 4.79 Å². The van der Waals surface area contributed by atoms with E-state index in [0.717, 1.165) is 11.3 Å². The Kier molecular flexibility index (Phi) is 4.76. The molecule has 0 atom stereocenters. The van der Waals surface area contributed by atoms with Crippen LogP contribution in [0.3, 0.4) is 0 Å². The fourth-order valence-electron chi connectivity index (χ4n) is 1.60. The van der Waals surface area contributed by atoms with Crippen molar-refractivity contribution in [1.82, 2.24) is 0 Å². The number of aryl methyl sites for hydroxylation is 2. The Morgan fingerprint density at radius 2 is 1.89 bits per heavy atom. The fraction of sp³-hybridized carbons (Fsp3) is 0.533. The van der Waals surface area contributed by atoms with Crippen molar-refractivity contribution in [2.24, 2.45) is 0 Å². The van der Waals surface area contributed by atoms with Crippen LogP contribution >= 0.6 is 0 Å². The molecule has 0 aliphatic carbocycles. The molecule has 1 aromatic carbocycles. The second-order valence-corrected chi connectivity index (χ2v) is 5.45. The van der Waals surface area contributed by atoms with Gasteiger partial charge in [0.2, 0.25) is 0 Å². The molecular formula is C15H22O3. The molecule has 3 nitrogen and oxygen atoms in total. The van der Waals surface area contributed by atoms with Gasteiger partial charge in [-0.05, 0) is 46.2 Å². The van der Waals surface area contributed by atoms with Gasteiger partial charge in [0.1, 0.15) is 11.4 Å². The van der Waals surface area contributed by atoms with Gasteiger partial charge < -0.3 is 9.47 Å². The van der Waals surface area contributed by atoms with E-state index in [0.29, 0.717) is 6.61 Å². The highest BCUT2D eigenvalue weighted by molar-refractivity contribution is 5.70. The molecule has 18 heavy (non-hydrogen) atoms. The van der Waals surface area contributed by atoms with Crippen LogP contribution in [0, 0.1) is 13.8 Å². The van der Waals surface area contributed by atoms with Crippen molar-refractivity contribution < 1.29 is 14.3 Å². The zero-order valence-corrected chi connectivity index (χ0v) is 11.9. The monoisotopic (exact) mass is 250 g/mol. The summed E-state index contributed by atoms with van der Waals surface area (Å²) >= 11 is 0. The molecule has 0 N–H and O–H groups in total. The average molecular weight is 250 g/mol. The molecule has 0 bridgehead atoms. The van der Waals surface area contributed by atoms with E-state index in [2.05, 4.69) is 6.07 Å². The van der Waals surface area contributed by atoms with Crippen LogP contribution in [0.25, 0.3) is 0 Å². The summed E-state index contributed by atoms with van der Waals surface area (Å²) in [5, 5.41) is 0. The molecule has 0 fully saturated rings. The maximum atomic E-state index is 11.5. The van der Waals surface area contributed by atoms with Crippen molar-refractivity contribution in [3.63, 3.8) is 0 Å². The number of hydrogen-bond acceptors (Lipinski definition) is 3. The van der Waals surface area contributed by atoms with E-state index in [4.69, 9.17) is 9.47 Å². The number of hydrogen-bond donors (Lipinski definition) is 0. The molecule has 0 aromatic heterocycles. The standard InChI is InChI=1S/C15H22O3/c1-11-6-7-13(12(2)10-11)17-9-8-14(16)18-15(3,4)5/h6-7,10H,8-9H2,1-5H3. The first kappa shape index (κ1) is 14.6. The van der Waals surface area contributed by atoms with Gasteiger partial charge in [-0.15, -0.1) is 0 Å². The van der Waals surface area contributed by atoms with Crippen LogP contribution in [-0.2, 0) is 9.53 Å². The second-order valence-electron chi connectivity index (χ2n) is 5.45. The number of benzene rings is 1. The van der Waals surface area contributed by atoms with Crippen LogP contribution in [0.1, 0.15) is 38.3 Å². The minimum absolute atomic E-state index is 0.229. The summed E-state index contributed by atoms with van der Waals surface area (Å²) in [4.78, 5) is 11.5. The van der Waals surface area contributed by atoms with E-state index < -0.39 is 5.60 Å². The van der Waals surface area contributed by atoms with E-state index >= 15 is 0 Å². The molecule has 0 heterocycles. The van der Waals surface area contributed by atoms with Crippen LogP contribution in [0.15, 0.2) is 18.2 Å². The highest BCUT2D eigenvalue weighted by Crippen LogP contribution is 2.19. The van der Waals surface area contributed by atoms with E-state index in [1.165, 1.54) is 5.56 Å². The molecule has 3 heteroatoms. The van der Waals surface area contributed by atoms with Gasteiger partial charge in [-0.1, -0.05) is 17.7 Å². The second kappa shape index (κ2) is 5.89. The van der Waals surface area contributed by atoms with Crippen molar-refractivity contribution in [2.45, 2.75) is 46.6 Å². The predicted molar refractivity (Wildman–Crippen MR) is 71.9 cm³/mol. The first-order valence-electron chi connectivity index (χ1n) is 6.20. The van der Waals surface area contributed by atoms with Crippen LogP contribution in [-0.4, -0.2) is 18.2 Å². The summed E-state index contributed by atoms with van der Waals surface area (Å²) in [6.07, 6.45) is 0.268. The van der Waals surface area contributed by atoms with Gasteiger partial charge in [0.15, 0.2) is 0 Å². The maximum Gasteiger partial charge on any atom is 0.309 e. The quantitative estimate of drug-likeness (QED) is 0.768. The lowest BCUT2D eigenvalue weighted by molar-refractivity contribution is -0.155. The summed E-state index contributed by atoms with van der Waals surface area (Å²) in [6.45, 7) is 9.95. The normalized spacial score (nSPS) is 11.2. The van der Waals surface area contributed by atoms with Gasteiger partial charge in [0, 0.05) is 0 Å². The van der Waals surface area contributed by atoms with Crippen LogP contribution in [0.4, 0.5) is 0 Å². The molecular weight excluding hydrogens is 228 g/mol. The molecule has 0 saturated heterocycles. The number of carbonyl (C=O) groups is 1. The predicted octanol–water partition coefficient (Wildman–Crippen LogP) is 3.41. The van der Waals surface area contributed by atoms with E-state index in [9.17, 15) is 4.79 Å². The molecule has 0 radical (unpaired) electrons. The fourth-order valence-corrected chi connectivity index (χ4v) is 1.60. The SMILES string of the molecule is Cc1ccc(OCCC(=O)OC(C)(C)C)c(C)c1. The minimum Gasteiger partial charge on any atom is -0.493 e. The molecule has 0 saturated carbocycles. The molecule has 100 valence electrons. The lowest BCUT2D eigenvalue weighted by atomic mass is 10.1. The van der Waals surface area contributed by atoms with Crippen LogP contribution in [0.5, 0.6) is 5.75 Å². The van der Waals surface area contributed by atoms with Crippen molar-refractivity contribution in [1.29, 1.82) is 0 Å². The summed E-state index contributed by atoms with van der Waals surface area (Å²) in [5.41, 5.74) is 1.85. The number of rotatable bonds is 4. The average Bonchev–Trinajstić information content (AvgIpc) is 2.18. The first-order valence-corrected chi connectivity index (χ1v) is 6.20. The summed E-state index contributed by atoms with van der Waals surface area (Å²) in [7, 11) is 0. The molecule has 1 rings (SSSR count). The minimum atomic E-state index is -0.434. The summed E-state index contributed by atoms with van der Waals surface area (Å²) in [6, 6.07) is 5.98. The maximum absolute atomic E-state index is 11.5. The van der Waals surface area contributed by atoms with E-state index in [-0.39, 0.29) is 12.4 Å². The third-order valence-corrected chi connectivity index (χ3v) is 2.31. The Bertz CT molecular complexity index is 416. The number of carbonyl (C=O) groups excluding carboxylic acids is 1. The van der Waals surface area contributed by atoms with Gasteiger partial charge in [0.25, 0.3) is 0 Å². The topological polar surface area (TPSA) is 35.5 Å². The molecule has 1 aromatic rings. The zero-order chi connectivity index (χ0) is 13.8. The van der Waals surface area contributed by atoms with Crippen molar-refractivity contribution in [3.05, 3.63) is 29.3 Å². The summed E-state index contributed by atoms with van der Waals surface area (Å²) in [5.74, 6) is 0.594. The lowest BCUT2D eigenvalue weighted by Crippen LogP contribution is -2.24. The Morgan fingerprint density at radius 1 is 1.22 bits per heavy atom. The van der Waals surface area contributed by atoms with E-state index in [1.807, 2.05) is 46.8 Å². The first-order chi connectivity index (χ1) is 8.28. The molecule has 0 unspecified atom stereocenters. The highest BCUT2D eigenvalue weighted by Gasteiger charge is 2.16. The molecule has 0 amide bonds. The lowest BCUT2D eigenvalue weighted by Gasteiger charge is -2.19. The van der Waals surface area contributed by atoms with E-state index in [1.54, 1.807) is 0 Å². The third kappa shape index (κ3) is 5.21. The van der Waals surface area contributed by atoms with Gasteiger partial charge >= 0.3 is 5.97 Å². The summed E-state index contributed by atoms with van der Waals surface area (Å²) < 4.78 is 10.8. The smallest absolute Gasteiger partial charge is 0.309 e. The van der Waals surface area contributed by atoms with Crippen molar-refractivity contribution >= 4 is 5.97 Å². The highest BCUT2D eigenvalue weighted by atomic mass is 16.6. The zero-order valence-electron chi connectivity index (χ0n) is 11.9. The van der Waals surface area contributed by atoms with Crippen LogP contribution in [0.2, 0.25) is 0 Å². The number of esters is 1. The Morgan fingerprint density at radius 3 is 2.44 bits per heavy atom. The van der Waals surface area contributed by atoms with Crippen molar-refractivity contribution in [3.8, 4) is 5.75 Å². The molecule has 0 spiro atoms. The molecule has 0 aliphatic rings.